The Balaban J connectivity index is 1.61. The Morgan fingerprint density at radius 3 is 2.26 bits per heavy atom. The first-order valence-electron chi connectivity index (χ1n) is 12.2. The highest BCUT2D eigenvalue weighted by molar-refractivity contribution is 6.05. The van der Waals surface area contributed by atoms with Gasteiger partial charge in [-0.05, 0) is 48.2 Å². The van der Waals surface area contributed by atoms with Crippen LogP contribution in [0, 0.1) is 12.8 Å². The van der Waals surface area contributed by atoms with E-state index < -0.39 is 30.4 Å². The molecule has 1 atom stereocenters. The largest absolute Gasteiger partial charge is 0.479 e. The van der Waals surface area contributed by atoms with E-state index in [-0.39, 0.29) is 24.6 Å². The molecule has 198 valence electrons. The summed E-state index contributed by atoms with van der Waals surface area (Å²) in [4.78, 5) is 46.2. The maximum atomic E-state index is 13.5. The summed E-state index contributed by atoms with van der Waals surface area (Å²) in [5.41, 5.74) is 3.91. The number of ether oxygens (including phenoxy) is 2. The Morgan fingerprint density at radius 2 is 1.59 bits per heavy atom. The van der Waals surface area contributed by atoms with Crippen molar-refractivity contribution in [1.82, 2.24) is 9.97 Å². The van der Waals surface area contributed by atoms with Crippen LogP contribution in [0.3, 0.4) is 0 Å². The number of esters is 1. The van der Waals surface area contributed by atoms with Gasteiger partial charge in [0.25, 0.3) is 0 Å². The fourth-order valence-electron chi connectivity index (χ4n) is 3.85. The summed E-state index contributed by atoms with van der Waals surface area (Å²) in [5.74, 6) is -3.80. The molecule has 0 spiro atoms. The molecule has 2 aromatic carbocycles. The highest BCUT2D eigenvalue weighted by Gasteiger charge is 2.30. The third-order valence-corrected chi connectivity index (χ3v) is 5.78. The Labute approximate surface area is 225 Å². The highest BCUT2D eigenvalue weighted by atomic mass is 16.5. The van der Waals surface area contributed by atoms with Crippen LogP contribution in [0.4, 0.5) is 5.69 Å². The summed E-state index contributed by atoms with van der Waals surface area (Å²) in [5, 5.41) is 11.8. The number of carbonyl (C=O) groups is 3. The quantitative estimate of drug-likeness (QED) is 0.217. The molecule has 2 N–H and O–H groups in total. The van der Waals surface area contributed by atoms with Crippen molar-refractivity contribution >= 4 is 23.5 Å². The molecule has 1 unspecified atom stereocenters. The standard InChI is InChI=1S/C30H27N3O6/c1-20-14-23(12-13-31-20)24-16-26(29(32-17-24)38-19-27(34)35)33-28(36)25(15-21-8-4-2-5-9-21)30(37)39-18-22-10-6-3-7-11-22/h2-14,16-17,25H,15,18-19H2,1H3,(H,33,36)(H,34,35). The lowest BCUT2D eigenvalue weighted by Crippen LogP contribution is -2.33. The van der Waals surface area contributed by atoms with Crippen LogP contribution in [-0.2, 0) is 32.1 Å². The first-order chi connectivity index (χ1) is 18.9. The summed E-state index contributed by atoms with van der Waals surface area (Å²) >= 11 is 0. The first kappa shape index (κ1) is 27.0. The number of hydrogen-bond acceptors (Lipinski definition) is 7. The van der Waals surface area contributed by atoms with Crippen molar-refractivity contribution in [1.29, 1.82) is 0 Å². The second-order valence-electron chi connectivity index (χ2n) is 8.77. The maximum absolute atomic E-state index is 13.5. The second-order valence-corrected chi connectivity index (χ2v) is 8.77. The van der Waals surface area contributed by atoms with E-state index in [9.17, 15) is 14.4 Å². The molecule has 0 saturated carbocycles. The molecular formula is C30H27N3O6. The predicted octanol–water partition coefficient (Wildman–Crippen LogP) is 4.46. The summed E-state index contributed by atoms with van der Waals surface area (Å²) in [6.07, 6.45) is 3.26. The average molecular weight is 526 g/mol. The number of anilines is 1. The van der Waals surface area contributed by atoms with Gasteiger partial charge in [-0.25, -0.2) is 9.78 Å². The zero-order valence-corrected chi connectivity index (χ0v) is 21.2. The summed E-state index contributed by atoms with van der Waals surface area (Å²) in [7, 11) is 0. The van der Waals surface area contributed by atoms with Gasteiger partial charge >= 0.3 is 11.9 Å². The minimum atomic E-state index is -1.20. The van der Waals surface area contributed by atoms with Crippen LogP contribution in [0.1, 0.15) is 16.8 Å². The topological polar surface area (TPSA) is 128 Å². The smallest absolute Gasteiger partial charge is 0.341 e. The van der Waals surface area contributed by atoms with E-state index in [2.05, 4.69) is 15.3 Å². The molecule has 0 bridgehead atoms. The second kappa shape index (κ2) is 13.0. The number of pyridine rings is 2. The van der Waals surface area contributed by atoms with Crippen LogP contribution in [-0.4, -0.2) is 39.5 Å². The van der Waals surface area contributed by atoms with Gasteiger partial charge in [0, 0.05) is 23.7 Å². The number of aliphatic carboxylic acids is 1. The van der Waals surface area contributed by atoms with Crippen LogP contribution in [0.5, 0.6) is 5.88 Å². The van der Waals surface area contributed by atoms with Crippen molar-refractivity contribution in [2.24, 2.45) is 5.92 Å². The lowest BCUT2D eigenvalue weighted by atomic mass is 9.98. The van der Waals surface area contributed by atoms with Crippen LogP contribution >= 0.6 is 0 Å². The number of carboxylic acid groups (broad SMARTS) is 1. The van der Waals surface area contributed by atoms with Gasteiger partial charge < -0.3 is 19.9 Å². The molecule has 0 radical (unpaired) electrons. The van der Waals surface area contributed by atoms with Gasteiger partial charge in [0.15, 0.2) is 6.61 Å². The Hall–Kier alpha value is -5.05. The zero-order chi connectivity index (χ0) is 27.6. The molecule has 2 aromatic heterocycles. The molecular weight excluding hydrogens is 498 g/mol. The predicted molar refractivity (Wildman–Crippen MR) is 144 cm³/mol. The molecule has 0 saturated heterocycles. The molecule has 4 aromatic rings. The van der Waals surface area contributed by atoms with Gasteiger partial charge in [0.05, 0.1) is 0 Å². The Kier molecular flexibility index (Phi) is 8.97. The van der Waals surface area contributed by atoms with Crippen molar-refractivity contribution in [3.05, 3.63) is 108 Å². The van der Waals surface area contributed by atoms with Gasteiger partial charge in [-0.1, -0.05) is 60.7 Å². The van der Waals surface area contributed by atoms with E-state index in [0.29, 0.717) is 5.56 Å². The molecule has 1 amide bonds. The lowest BCUT2D eigenvalue weighted by molar-refractivity contribution is -0.152. The van der Waals surface area contributed by atoms with Crippen molar-refractivity contribution in [3.63, 3.8) is 0 Å². The number of nitrogens with zero attached hydrogens (tertiary/aromatic N) is 2. The normalized spacial score (nSPS) is 11.3. The van der Waals surface area contributed by atoms with Crippen molar-refractivity contribution in [3.8, 4) is 17.0 Å². The number of aromatic nitrogens is 2. The van der Waals surface area contributed by atoms with E-state index in [1.165, 1.54) is 6.20 Å². The van der Waals surface area contributed by atoms with Crippen molar-refractivity contribution < 1.29 is 29.0 Å². The Morgan fingerprint density at radius 1 is 0.897 bits per heavy atom. The van der Waals surface area contributed by atoms with Gasteiger partial charge in [-0.2, -0.15) is 0 Å². The number of amides is 1. The van der Waals surface area contributed by atoms with E-state index in [1.54, 1.807) is 18.3 Å². The summed E-state index contributed by atoms with van der Waals surface area (Å²) < 4.78 is 10.8. The van der Waals surface area contributed by atoms with Gasteiger partial charge in [0.1, 0.15) is 18.2 Å². The minimum Gasteiger partial charge on any atom is -0.479 e. The molecule has 9 nitrogen and oxygen atoms in total. The third-order valence-electron chi connectivity index (χ3n) is 5.78. The molecule has 0 fully saturated rings. The van der Waals surface area contributed by atoms with E-state index in [1.807, 2.05) is 73.7 Å². The number of carboxylic acids is 1. The monoisotopic (exact) mass is 525 g/mol. The molecule has 0 aliphatic carbocycles. The van der Waals surface area contributed by atoms with E-state index >= 15 is 0 Å². The number of rotatable bonds is 11. The van der Waals surface area contributed by atoms with Gasteiger partial charge in [-0.3, -0.25) is 14.6 Å². The number of hydrogen-bond donors (Lipinski definition) is 2. The minimum absolute atomic E-state index is 0.0175. The number of carbonyl (C=O) groups excluding carboxylic acids is 2. The number of nitrogens with one attached hydrogen (secondary N) is 1. The number of benzene rings is 2. The van der Waals surface area contributed by atoms with Crippen LogP contribution < -0.4 is 10.1 Å². The molecule has 4 rings (SSSR count). The van der Waals surface area contributed by atoms with Gasteiger partial charge in [0.2, 0.25) is 11.8 Å². The molecule has 9 heteroatoms. The van der Waals surface area contributed by atoms with Crippen molar-refractivity contribution in [2.75, 3.05) is 11.9 Å². The molecule has 2 heterocycles. The van der Waals surface area contributed by atoms with Crippen molar-refractivity contribution in [2.45, 2.75) is 20.0 Å². The maximum Gasteiger partial charge on any atom is 0.341 e. The number of aryl methyl sites for hydroxylation is 1. The third kappa shape index (κ3) is 7.72. The van der Waals surface area contributed by atoms with E-state index in [0.717, 1.165) is 22.4 Å². The lowest BCUT2D eigenvalue weighted by Gasteiger charge is -2.18. The summed E-state index contributed by atoms with van der Waals surface area (Å²) in [6, 6.07) is 23.5. The SMILES string of the molecule is Cc1cc(-c2cnc(OCC(=O)O)c(NC(=O)C(Cc3ccccc3)C(=O)OCc3ccccc3)c2)ccn1. The van der Waals surface area contributed by atoms with Crippen LogP contribution in [0.2, 0.25) is 0 Å². The fourth-order valence-corrected chi connectivity index (χ4v) is 3.85. The average Bonchev–Trinajstić information content (AvgIpc) is 2.95. The van der Waals surface area contributed by atoms with Gasteiger partial charge in [-0.15, -0.1) is 0 Å². The molecule has 39 heavy (non-hydrogen) atoms. The molecule has 0 aliphatic heterocycles. The Bertz CT molecular complexity index is 1440. The van der Waals surface area contributed by atoms with E-state index in [4.69, 9.17) is 14.6 Å². The van der Waals surface area contributed by atoms with Crippen LogP contribution in [0.25, 0.3) is 11.1 Å². The fraction of sp³-hybridized carbons (Fsp3) is 0.167. The highest BCUT2D eigenvalue weighted by Crippen LogP contribution is 2.29. The van der Waals surface area contributed by atoms with Crippen LogP contribution in [0.15, 0.2) is 91.3 Å². The summed E-state index contributed by atoms with van der Waals surface area (Å²) in [6.45, 7) is 1.21. The zero-order valence-electron chi connectivity index (χ0n) is 21.2. The molecule has 0 aliphatic rings. The first-order valence-corrected chi connectivity index (χ1v) is 12.2.